The van der Waals surface area contributed by atoms with E-state index in [-0.39, 0.29) is 6.61 Å². The first-order valence-electron chi connectivity index (χ1n) is 7.36. The third-order valence-corrected chi connectivity index (χ3v) is 4.86. The molecule has 2 aromatic rings. The maximum atomic E-state index is 12.6. The van der Waals surface area contributed by atoms with Crippen LogP contribution in [0.4, 0.5) is 0 Å². The van der Waals surface area contributed by atoms with E-state index >= 15 is 0 Å². The summed E-state index contributed by atoms with van der Waals surface area (Å²) in [7, 11) is -3.89. The maximum Gasteiger partial charge on any atom is 0.359 e. The summed E-state index contributed by atoms with van der Waals surface area (Å²) in [5.41, 5.74) is 2.79. The van der Waals surface area contributed by atoms with Gasteiger partial charge in [0, 0.05) is 5.56 Å². The molecular formula is C18H21O3P. The summed E-state index contributed by atoms with van der Waals surface area (Å²) in [5, 5.41) is 0.353. The lowest BCUT2D eigenvalue weighted by atomic mass is 9.97. The molecule has 1 N–H and O–H groups in total. The normalized spacial score (nSPS) is 13.5. The van der Waals surface area contributed by atoms with Crippen molar-refractivity contribution in [1.82, 2.24) is 0 Å². The minimum Gasteiger partial charge on any atom is -0.321 e. The highest BCUT2D eigenvalue weighted by Crippen LogP contribution is 2.44. The van der Waals surface area contributed by atoms with Crippen molar-refractivity contribution in [3.05, 3.63) is 66.7 Å². The summed E-state index contributed by atoms with van der Waals surface area (Å²) >= 11 is 0. The van der Waals surface area contributed by atoms with Crippen LogP contribution < -0.4 is 5.30 Å². The second kappa shape index (κ2) is 7.55. The highest BCUT2D eigenvalue weighted by molar-refractivity contribution is 7.61. The fourth-order valence-electron chi connectivity index (χ4n) is 2.46. The van der Waals surface area contributed by atoms with E-state index in [1.165, 1.54) is 6.08 Å². The molecule has 2 rings (SSSR count). The second-order valence-electron chi connectivity index (χ2n) is 5.03. The van der Waals surface area contributed by atoms with Crippen molar-refractivity contribution in [2.45, 2.75) is 19.8 Å². The summed E-state index contributed by atoms with van der Waals surface area (Å²) in [6.07, 6.45) is 3.28. The topological polar surface area (TPSA) is 46.5 Å². The Hall–Kier alpha value is -1.67. The average molecular weight is 316 g/mol. The van der Waals surface area contributed by atoms with Crippen LogP contribution in [0.25, 0.3) is 11.1 Å². The van der Waals surface area contributed by atoms with E-state index in [2.05, 4.69) is 13.5 Å². The van der Waals surface area contributed by atoms with Crippen molar-refractivity contribution in [2.75, 3.05) is 6.61 Å². The lowest BCUT2D eigenvalue weighted by Gasteiger charge is -2.18. The molecule has 0 bridgehead atoms. The van der Waals surface area contributed by atoms with Gasteiger partial charge in [-0.2, -0.15) is 0 Å². The largest absolute Gasteiger partial charge is 0.359 e. The van der Waals surface area contributed by atoms with Gasteiger partial charge in [0.2, 0.25) is 0 Å². The molecule has 0 aromatic heterocycles. The molecule has 1 atom stereocenters. The third-order valence-electron chi connectivity index (χ3n) is 3.38. The van der Waals surface area contributed by atoms with Gasteiger partial charge in [0.05, 0.1) is 11.9 Å². The van der Waals surface area contributed by atoms with Crippen molar-refractivity contribution in [1.29, 1.82) is 0 Å². The molecule has 0 aliphatic carbocycles. The molecule has 3 nitrogen and oxygen atoms in total. The van der Waals surface area contributed by atoms with Gasteiger partial charge in [-0.05, 0) is 23.6 Å². The smallest absolute Gasteiger partial charge is 0.321 e. The number of rotatable bonds is 7. The van der Waals surface area contributed by atoms with Crippen molar-refractivity contribution in [3.8, 4) is 11.1 Å². The van der Waals surface area contributed by atoms with Crippen molar-refractivity contribution >= 4 is 12.9 Å². The molecule has 116 valence electrons. The summed E-state index contributed by atoms with van der Waals surface area (Å²) in [6.45, 7) is 5.66. The Kier molecular flexibility index (Phi) is 5.73. The second-order valence-corrected chi connectivity index (χ2v) is 6.81. The highest BCUT2D eigenvalue weighted by Gasteiger charge is 2.27. The molecule has 0 amide bonds. The van der Waals surface area contributed by atoms with E-state index in [0.29, 0.717) is 5.30 Å². The van der Waals surface area contributed by atoms with Crippen molar-refractivity contribution in [2.24, 2.45) is 0 Å². The fraction of sp³-hybridized carbons (Fsp3) is 0.222. The third kappa shape index (κ3) is 3.75. The summed E-state index contributed by atoms with van der Waals surface area (Å²) in [6, 6.07) is 15.2. The predicted octanol–water partition coefficient (Wildman–Crippen LogP) is 4.32. The Morgan fingerprint density at radius 2 is 1.91 bits per heavy atom. The Labute approximate surface area is 131 Å². The summed E-state index contributed by atoms with van der Waals surface area (Å²) < 4.78 is 17.8. The molecule has 0 aliphatic rings. The lowest BCUT2D eigenvalue weighted by Crippen LogP contribution is -2.13. The Balaban J connectivity index is 2.61. The van der Waals surface area contributed by atoms with E-state index in [1.54, 1.807) is 6.07 Å². The zero-order valence-corrected chi connectivity index (χ0v) is 13.6. The van der Waals surface area contributed by atoms with Crippen LogP contribution in [0, 0.1) is 0 Å². The van der Waals surface area contributed by atoms with Crippen LogP contribution in [-0.2, 0) is 15.5 Å². The molecule has 2 aromatic carbocycles. The van der Waals surface area contributed by atoms with Crippen LogP contribution in [0.2, 0.25) is 0 Å². The van der Waals surface area contributed by atoms with E-state index < -0.39 is 7.60 Å². The van der Waals surface area contributed by atoms with Crippen LogP contribution in [0.3, 0.4) is 0 Å². The number of benzene rings is 2. The van der Waals surface area contributed by atoms with Gasteiger partial charge in [0.15, 0.2) is 0 Å². The van der Waals surface area contributed by atoms with Crippen molar-refractivity contribution < 1.29 is 14.0 Å². The average Bonchev–Trinajstić information content (AvgIpc) is 2.54. The number of hydrogen-bond donors (Lipinski definition) is 1. The highest BCUT2D eigenvalue weighted by atomic mass is 31.2. The standard InChI is InChI=1S/C18H21O3P/c1-3-9-15-12-8-13-17(22(19,20)21-14-4-2)18(15)16-10-6-5-7-11-16/h4-8,10-13H,2-3,9,14H2,1H3,(H,19,20). The summed E-state index contributed by atoms with van der Waals surface area (Å²) in [4.78, 5) is 10.3. The van der Waals surface area contributed by atoms with E-state index in [9.17, 15) is 9.46 Å². The first kappa shape index (κ1) is 16.7. The van der Waals surface area contributed by atoms with Gasteiger partial charge < -0.3 is 9.42 Å². The van der Waals surface area contributed by atoms with Gasteiger partial charge in [0.1, 0.15) is 0 Å². The lowest BCUT2D eigenvalue weighted by molar-refractivity contribution is 0.298. The van der Waals surface area contributed by atoms with Gasteiger partial charge in [-0.1, -0.05) is 61.9 Å². The molecule has 1 unspecified atom stereocenters. The van der Waals surface area contributed by atoms with Gasteiger partial charge in [-0.3, -0.25) is 4.57 Å². The quantitative estimate of drug-likeness (QED) is 0.611. The molecule has 0 radical (unpaired) electrons. The Morgan fingerprint density at radius 3 is 2.55 bits per heavy atom. The molecule has 4 heteroatoms. The Morgan fingerprint density at radius 1 is 1.18 bits per heavy atom. The minimum absolute atomic E-state index is 0.0417. The Bertz CT molecular complexity index is 680. The van der Waals surface area contributed by atoms with Gasteiger partial charge in [-0.15, -0.1) is 6.58 Å². The van der Waals surface area contributed by atoms with Gasteiger partial charge in [0.25, 0.3) is 0 Å². The zero-order chi connectivity index (χ0) is 16.0. The number of aryl methyl sites for hydroxylation is 1. The SMILES string of the molecule is C=CCOP(=O)(O)c1cccc(CCC)c1-c1ccccc1. The van der Waals surface area contributed by atoms with Gasteiger partial charge >= 0.3 is 7.60 Å². The van der Waals surface area contributed by atoms with Crippen molar-refractivity contribution in [3.63, 3.8) is 0 Å². The molecule has 0 saturated carbocycles. The van der Waals surface area contributed by atoms with Crippen LogP contribution in [0.1, 0.15) is 18.9 Å². The molecular weight excluding hydrogens is 295 g/mol. The monoisotopic (exact) mass is 316 g/mol. The van der Waals surface area contributed by atoms with Crippen LogP contribution >= 0.6 is 7.60 Å². The molecule has 0 heterocycles. The fourth-order valence-corrected chi connectivity index (χ4v) is 3.74. The van der Waals surface area contributed by atoms with E-state index in [4.69, 9.17) is 4.52 Å². The molecule has 0 saturated heterocycles. The van der Waals surface area contributed by atoms with Crippen LogP contribution in [0.5, 0.6) is 0 Å². The maximum absolute atomic E-state index is 12.6. The molecule has 22 heavy (non-hydrogen) atoms. The van der Waals surface area contributed by atoms with Gasteiger partial charge in [-0.25, -0.2) is 0 Å². The molecule has 0 aliphatic heterocycles. The predicted molar refractivity (Wildman–Crippen MR) is 91.5 cm³/mol. The molecule has 0 spiro atoms. The minimum atomic E-state index is -3.89. The molecule has 0 fully saturated rings. The van der Waals surface area contributed by atoms with Crippen LogP contribution in [-0.4, -0.2) is 11.5 Å². The first-order chi connectivity index (χ1) is 10.6. The zero-order valence-electron chi connectivity index (χ0n) is 12.7. The van der Waals surface area contributed by atoms with E-state index in [0.717, 1.165) is 29.5 Å². The first-order valence-corrected chi connectivity index (χ1v) is 8.94. The van der Waals surface area contributed by atoms with Crippen LogP contribution in [0.15, 0.2) is 61.2 Å². The number of hydrogen-bond acceptors (Lipinski definition) is 2. The van der Waals surface area contributed by atoms with E-state index in [1.807, 2.05) is 42.5 Å². The summed E-state index contributed by atoms with van der Waals surface area (Å²) in [5.74, 6) is 0.